The number of nitrogens with two attached hydrogens (primary N) is 1. The highest BCUT2D eigenvalue weighted by Crippen LogP contribution is 1.88. The van der Waals surface area contributed by atoms with E-state index in [1.165, 1.54) is 13.8 Å². The summed E-state index contributed by atoms with van der Waals surface area (Å²) in [5.41, 5.74) is 2.03. The average molecular weight is 189 g/mol. The minimum absolute atomic E-state index is 0.283. The predicted molar refractivity (Wildman–Crippen MR) is 47.9 cm³/mol. The van der Waals surface area contributed by atoms with Gasteiger partial charge in [-0.15, -0.1) is 0 Å². The van der Waals surface area contributed by atoms with Crippen LogP contribution < -0.4 is 11.0 Å². The maximum atomic E-state index is 11.2. The number of esters is 1. The third-order valence-corrected chi connectivity index (χ3v) is 1.39. The van der Waals surface area contributed by atoms with Gasteiger partial charge in [-0.25, -0.2) is 4.79 Å². The van der Waals surface area contributed by atoms with E-state index in [-0.39, 0.29) is 6.61 Å². The van der Waals surface area contributed by atoms with Gasteiger partial charge in [0.2, 0.25) is 5.91 Å². The molecule has 0 aliphatic heterocycles. The van der Waals surface area contributed by atoms with Crippen molar-refractivity contribution in [3.63, 3.8) is 0 Å². The number of carbonyl (C=O) groups excluding carboxylic acids is 2. The zero-order chi connectivity index (χ0) is 11.1. The second kappa shape index (κ2) is 5.53. The van der Waals surface area contributed by atoms with Crippen LogP contribution in [0.3, 0.4) is 0 Å². The van der Waals surface area contributed by atoms with Crippen LogP contribution in [0.2, 0.25) is 1.41 Å². The molecule has 0 fully saturated rings. The van der Waals surface area contributed by atoms with Gasteiger partial charge in [-0.05, 0) is 20.8 Å². The van der Waals surface area contributed by atoms with Gasteiger partial charge in [0.15, 0.2) is 0 Å². The topological polar surface area (TPSA) is 81.4 Å². The summed E-state index contributed by atoms with van der Waals surface area (Å²) in [6.07, 6.45) is 0. The third-order valence-electron chi connectivity index (χ3n) is 1.39. The van der Waals surface area contributed by atoms with Gasteiger partial charge in [-0.1, -0.05) is 0 Å². The number of hydrogen-bond acceptors (Lipinski definition) is 4. The first-order valence-corrected chi connectivity index (χ1v) is 4.17. The van der Waals surface area contributed by atoms with E-state index in [9.17, 15) is 9.59 Å². The van der Waals surface area contributed by atoms with Crippen molar-refractivity contribution in [2.24, 2.45) is 5.73 Å². The molecule has 0 saturated heterocycles. The molecule has 5 nitrogen and oxygen atoms in total. The number of amides is 1. The van der Waals surface area contributed by atoms with Crippen LogP contribution in [0, 0.1) is 0 Å². The maximum absolute atomic E-state index is 11.2. The molecule has 0 bridgehead atoms. The van der Waals surface area contributed by atoms with Crippen LogP contribution in [0.4, 0.5) is 0 Å². The number of nitrogens with one attached hydrogen (secondary N) is 1. The molecule has 3 N–H and O–H groups in total. The van der Waals surface area contributed by atoms with Crippen molar-refractivity contribution in [2.75, 3.05) is 6.61 Å². The standard InChI is InChI=1S/C8H16N2O3/c1-4-13-8(12)6(3)10-7(11)5(2)9/h5-6H,4,9H2,1-3H3,(H,10,11)/t5-,6-/m0/s1/i/hD. The van der Waals surface area contributed by atoms with E-state index in [1.54, 1.807) is 6.92 Å². The summed E-state index contributed by atoms with van der Waals surface area (Å²) in [7, 11) is 0. The van der Waals surface area contributed by atoms with Crippen LogP contribution in [-0.4, -0.2) is 30.6 Å². The largest absolute Gasteiger partial charge is 0.464 e. The Balaban J connectivity index is 3.99. The van der Waals surface area contributed by atoms with E-state index in [0.717, 1.165) is 0 Å². The van der Waals surface area contributed by atoms with Gasteiger partial charge in [0, 0.05) is 0 Å². The molecule has 76 valence electrons. The number of carbonyl (C=O) groups is 2. The molecule has 0 aromatic rings. The Hall–Kier alpha value is -1.10. The summed E-state index contributed by atoms with van der Waals surface area (Å²) >= 11 is 0. The van der Waals surface area contributed by atoms with E-state index in [1.807, 2.05) is 5.73 Å². The van der Waals surface area contributed by atoms with Crippen molar-refractivity contribution in [1.82, 2.24) is 5.32 Å². The van der Waals surface area contributed by atoms with E-state index < -0.39 is 24.0 Å². The monoisotopic (exact) mass is 189 g/mol. The lowest BCUT2D eigenvalue weighted by Gasteiger charge is -2.13. The van der Waals surface area contributed by atoms with E-state index >= 15 is 0 Å². The minimum atomic E-state index is -0.682. The first-order chi connectivity index (χ1) is 6.52. The molecular formula is C8H16N2O3. The quantitative estimate of drug-likeness (QED) is 0.566. The summed E-state index contributed by atoms with van der Waals surface area (Å²) in [6.45, 7) is 5.04. The fraction of sp³-hybridized carbons (Fsp3) is 0.750. The molecule has 0 rings (SSSR count). The van der Waals surface area contributed by atoms with Gasteiger partial charge in [0.25, 0.3) is 0 Å². The van der Waals surface area contributed by atoms with Crippen LogP contribution in [0.25, 0.3) is 0 Å². The molecule has 0 radical (unpaired) electrons. The Morgan fingerprint density at radius 1 is 1.62 bits per heavy atom. The maximum Gasteiger partial charge on any atom is 0.328 e. The van der Waals surface area contributed by atoms with Crippen LogP contribution in [0.5, 0.6) is 0 Å². The summed E-state index contributed by atoms with van der Waals surface area (Å²) in [4.78, 5) is 22.3. The summed E-state index contributed by atoms with van der Waals surface area (Å²) in [5, 5.41) is 2.42. The zero-order valence-corrected chi connectivity index (χ0v) is 8.09. The van der Waals surface area contributed by atoms with Crippen molar-refractivity contribution in [3.05, 3.63) is 0 Å². The van der Waals surface area contributed by atoms with Crippen molar-refractivity contribution in [3.8, 4) is 0 Å². The van der Waals surface area contributed by atoms with Crippen molar-refractivity contribution in [2.45, 2.75) is 32.9 Å². The number of rotatable bonds is 5. The molecule has 0 spiro atoms. The Bertz CT molecular complexity index is 211. The minimum Gasteiger partial charge on any atom is -0.464 e. The highest BCUT2D eigenvalue weighted by Gasteiger charge is 2.17. The van der Waals surface area contributed by atoms with Gasteiger partial charge in [0.1, 0.15) is 7.45 Å². The van der Waals surface area contributed by atoms with Crippen molar-refractivity contribution < 1.29 is 15.7 Å². The lowest BCUT2D eigenvalue weighted by Crippen LogP contribution is -2.46. The lowest BCUT2D eigenvalue weighted by molar-refractivity contribution is -0.146. The molecule has 1 amide bonds. The molecule has 2 atom stereocenters. The Morgan fingerprint density at radius 3 is 2.69 bits per heavy atom. The van der Waals surface area contributed by atoms with Gasteiger partial charge in [0.05, 0.1) is 12.6 Å². The normalized spacial score (nSPS) is 15.5. The van der Waals surface area contributed by atoms with E-state index in [4.69, 9.17) is 6.15 Å². The molecule has 0 unspecified atom stereocenters. The fourth-order valence-electron chi connectivity index (χ4n) is 0.665. The first kappa shape index (κ1) is 9.98. The molecule has 0 heterocycles. The molecule has 13 heavy (non-hydrogen) atoms. The fourth-order valence-corrected chi connectivity index (χ4v) is 0.665. The lowest BCUT2D eigenvalue weighted by atomic mass is 10.3. The molecule has 5 heteroatoms. The molecule has 0 aliphatic rings. The van der Waals surface area contributed by atoms with Crippen LogP contribution in [0.15, 0.2) is 0 Å². The SMILES string of the molecule is [2H]N[C@@H](C)C(=O)N[C@@H](C)C(=O)OCC. The number of ether oxygens (including phenoxy) is 1. The average Bonchev–Trinajstić information content (AvgIpc) is 2.16. The number of hydrogen-bond donors (Lipinski definition) is 2. The van der Waals surface area contributed by atoms with Gasteiger partial charge >= 0.3 is 5.97 Å². The molecule has 0 saturated carbocycles. The Labute approximate surface area is 79.1 Å². The smallest absolute Gasteiger partial charge is 0.328 e. The van der Waals surface area contributed by atoms with E-state index in [2.05, 4.69) is 5.32 Å². The highest BCUT2D eigenvalue weighted by atomic mass is 16.5. The van der Waals surface area contributed by atoms with Crippen LogP contribution >= 0.6 is 0 Å². The van der Waals surface area contributed by atoms with Gasteiger partial charge in [-0.2, -0.15) is 0 Å². The molecule has 0 aromatic carbocycles. The van der Waals surface area contributed by atoms with Crippen LogP contribution in [0.1, 0.15) is 20.8 Å². The van der Waals surface area contributed by atoms with E-state index in [0.29, 0.717) is 0 Å². The van der Waals surface area contributed by atoms with Gasteiger partial charge < -0.3 is 15.8 Å². The van der Waals surface area contributed by atoms with Crippen molar-refractivity contribution >= 4 is 11.9 Å². The summed E-state index contributed by atoms with van der Waals surface area (Å²) < 4.78 is 11.4. The van der Waals surface area contributed by atoms with Gasteiger partial charge in [-0.3, -0.25) is 4.79 Å². The predicted octanol–water partition coefficient (Wildman–Crippen LogP) is -0.599. The molecular weight excluding hydrogens is 172 g/mol. The second-order valence-corrected chi connectivity index (χ2v) is 2.70. The third kappa shape index (κ3) is 4.47. The summed E-state index contributed by atoms with van der Waals surface area (Å²) in [5.74, 6) is -0.876. The molecule has 0 aromatic heterocycles. The second-order valence-electron chi connectivity index (χ2n) is 2.70. The Morgan fingerprint density at radius 2 is 2.23 bits per heavy atom. The first-order valence-electron chi connectivity index (χ1n) is 4.67. The highest BCUT2D eigenvalue weighted by molar-refractivity contribution is 5.86. The van der Waals surface area contributed by atoms with Crippen LogP contribution in [-0.2, 0) is 14.3 Å². The molecule has 0 aliphatic carbocycles. The zero-order valence-electron chi connectivity index (χ0n) is 9.09. The van der Waals surface area contributed by atoms with Crippen molar-refractivity contribution in [1.29, 1.82) is 0 Å². The summed E-state index contributed by atoms with van der Waals surface area (Å²) in [6, 6.07) is -1.33. The Kier molecular flexibility index (Phi) is 4.25.